The van der Waals surface area contributed by atoms with Crippen molar-refractivity contribution in [1.29, 1.82) is 0 Å². The Hall–Kier alpha value is -0.120. The van der Waals surface area contributed by atoms with Crippen LogP contribution in [0.25, 0.3) is 0 Å². The summed E-state index contributed by atoms with van der Waals surface area (Å²) in [4.78, 5) is 2.54. The molecule has 0 aromatic heterocycles. The molecular formula is C13H25NO2. The van der Waals surface area contributed by atoms with E-state index in [1.165, 1.54) is 45.3 Å². The first kappa shape index (κ1) is 12.3. The van der Waals surface area contributed by atoms with Gasteiger partial charge in [0.15, 0.2) is 0 Å². The highest BCUT2D eigenvalue weighted by molar-refractivity contribution is 4.80. The van der Waals surface area contributed by atoms with Crippen LogP contribution in [0.5, 0.6) is 0 Å². The topological polar surface area (TPSA) is 32.7 Å². The van der Waals surface area contributed by atoms with E-state index >= 15 is 0 Å². The first-order valence-electron chi connectivity index (χ1n) is 6.69. The lowest BCUT2D eigenvalue weighted by Crippen LogP contribution is -2.26. The van der Waals surface area contributed by atoms with E-state index in [-0.39, 0.29) is 6.10 Å². The number of likely N-dealkylation sites (tertiary alicyclic amines) is 1. The Morgan fingerprint density at radius 1 is 1.31 bits per heavy atom. The van der Waals surface area contributed by atoms with Gasteiger partial charge >= 0.3 is 0 Å². The van der Waals surface area contributed by atoms with Crippen molar-refractivity contribution in [2.45, 2.75) is 38.2 Å². The number of ether oxygens (including phenoxy) is 1. The zero-order valence-corrected chi connectivity index (χ0v) is 10.4. The largest absolute Gasteiger partial charge is 0.393 e. The molecule has 1 N–H and O–H groups in total. The van der Waals surface area contributed by atoms with Gasteiger partial charge in [-0.05, 0) is 50.6 Å². The molecule has 0 aromatic carbocycles. The number of hydrogen-bond donors (Lipinski definition) is 1. The average Bonchev–Trinajstić information content (AvgIpc) is 2.86. The number of rotatable bonds is 5. The highest BCUT2D eigenvalue weighted by Crippen LogP contribution is 2.29. The van der Waals surface area contributed by atoms with Crippen molar-refractivity contribution in [1.82, 2.24) is 4.90 Å². The molecule has 2 rings (SSSR count). The van der Waals surface area contributed by atoms with Crippen molar-refractivity contribution in [2.24, 2.45) is 11.8 Å². The molecule has 3 atom stereocenters. The second-order valence-electron chi connectivity index (χ2n) is 5.46. The van der Waals surface area contributed by atoms with Crippen LogP contribution in [-0.4, -0.2) is 49.5 Å². The molecule has 0 bridgehead atoms. The molecule has 3 unspecified atom stereocenters. The van der Waals surface area contributed by atoms with Gasteiger partial charge in [0.25, 0.3) is 0 Å². The summed E-state index contributed by atoms with van der Waals surface area (Å²) in [6.45, 7) is 4.48. The Balaban J connectivity index is 1.63. The maximum Gasteiger partial charge on any atom is 0.0568 e. The number of aliphatic hydroxyl groups excluding tert-OH is 1. The lowest BCUT2D eigenvalue weighted by Gasteiger charge is -2.20. The molecule has 1 saturated heterocycles. The van der Waals surface area contributed by atoms with Crippen molar-refractivity contribution < 1.29 is 9.84 Å². The lowest BCUT2D eigenvalue weighted by molar-refractivity contribution is 0.118. The molecule has 16 heavy (non-hydrogen) atoms. The zero-order chi connectivity index (χ0) is 11.4. The van der Waals surface area contributed by atoms with Crippen LogP contribution in [-0.2, 0) is 4.74 Å². The van der Waals surface area contributed by atoms with Crippen LogP contribution < -0.4 is 0 Å². The minimum atomic E-state index is -0.0163. The Morgan fingerprint density at radius 3 is 2.88 bits per heavy atom. The number of aliphatic hydroxyl groups is 1. The SMILES string of the molecule is COCC1CCN(CCC2CCCC2O)C1. The van der Waals surface area contributed by atoms with Crippen LogP contribution in [0.3, 0.4) is 0 Å². The van der Waals surface area contributed by atoms with Crippen LogP contribution in [0.2, 0.25) is 0 Å². The Kier molecular flexibility index (Phi) is 4.62. The third kappa shape index (κ3) is 3.19. The predicted molar refractivity (Wildman–Crippen MR) is 64.4 cm³/mol. The molecule has 1 aliphatic heterocycles. The fraction of sp³-hybridized carbons (Fsp3) is 1.00. The summed E-state index contributed by atoms with van der Waals surface area (Å²) in [7, 11) is 1.79. The molecular weight excluding hydrogens is 202 g/mol. The fourth-order valence-corrected chi connectivity index (χ4v) is 3.19. The highest BCUT2D eigenvalue weighted by Gasteiger charge is 2.27. The summed E-state index contributed by atoms with van der Waals surface area (Å²) in [5, 5.41) is 9.76. The molecule has 3 nitrogen and oxygen atoms in total. The smallest absolute Gasteiger partial charge is 0.0568 e. The van der Waals surface area contributed by atoms with Crippen molar-refractivity contribution in [3.8, 4) is 0 Å². The van der Waals surface area contributed by atoms with E-state index in [2.05, 4.69) is 4.90 Å². The molecule has 1 aliphatic carbocycles. The molecule has 0 aromatic rings. The van der Waals surface area contributed by atoms with E-state index < -0.39 is 0 Å². The maximum atomic E-state index is 9.76. The summed E-state index contributed by atoms with van der Waals surface area (Å²) in [5.41, 5.74) is 0. The third-order valence-electron chi connectivity index (χ3n) is 4.21. The molecule has 1 heterocycles. The van der Waals surface area contributed by atoms with E-state index in [0.717, 1.165) is 18.9 Å². The van der Waals surface area contributed by atoms with Gasteiger partial charge in [-0.15, -0.1) is 0 Å². The van der Waals surface area contributed by atoms with Gasteiger partial charge in [-0.2, -0.15) is 0 Å². The zero-order valence-electron chi connectivity index (χ0n) is 10.4. The normalized spacial score (nSPS) is 36.0. The summed E-state index contributed by atoms with van der Waals surface area (Å²) in [6.07, 6.45) is 5.92. The van der Waals surface area contributed by atoms with Gasteiger partial charge < -0.3 is 14.7 Å². The molecule has 2 aliphatic rings. The van der Waals surface area contributed by atoms with Crippen molar-refractivity contribution in [3.63, 3.8) is 0 Å². The summed E-state index contributed by atoms with van der Waals surface area (Å²) < 4.78 is 5.20. The van der Waals surface area contributed by atoms with Crippen LogP contribution in [0.15, 0.2) is 0 Å². The third-order valence-corrected chi connectivity index (χ3v) is 4.21. The number of nitrogens with zero attached hydrogens (tertiary/aromatic N) is 1. The molecule has 0 spiro atoms. The minimum Gasteiger partial charge on any atom is -0.393 e. The van der Waals surface area contributed by atoms with Crippen molar-refractivity contribution in [3.05, 3.63) is 0 Å². The van der Waals surface area contributed by atoms with Gasteiger partial charge in [0.1, 0.15) is 0 Å². The van der Waals surface area contributed by atoms with Gasteiger partial charge in [-0.1, -0.05) is 6.42 Å². The highest BCUT2D eigenvalue weighted by atomic mass is 16.5. The molecule has 1 saturated carbocycles. The van der Waals surface area contributed by atoms with Crippen LogP contribution in [0.4, 0.5) is 0 Å². The maximum absolute atomic E-state index is 9.76. The van der Waals surface area contributed by atoms with Gasteiger partial charge in [-0.25, -0.2) is 0 Å². The van der Waals surface area contributed by atoms with Crippen LogP contribution >= 0.6 is 0 Å². The van der Waals surface area contributed by atoms with Crippen molar-refractivity contribution >= 4 is 0 Å². The standard InChI is InChI=1S/C13H25NO2/c1-16-10-11-5-7-14(9-11)8-6-12-3-2-4-13(12)15/h11-13,15H,2-10H2,1H3. The first-order valence-corrected chi connectivity index (χ1v) is 6.69. The van der Waals surface area contributed by atoms with E-state index in [4.69, 9.17) is 4.74 Å². The summed E-state index contributed by atoms with van der Waals surface area (Å²) in [6, 6.07) is 0. The van der Waals surface area contributed by atoms with Gasteiger partial charge in [0, 0.05) is 13.7 Å². The second kappa shape index (κ2) is 5.99. The molecule has 3 heteroatoms. The molecule has 94 valence electrons. The molecule has 0 amide bonds. The molecule has 2 fully saturated rings. The Labute approximate surface area is 98.8 Å². The van der Waals surface area contributed by atoms with Crippen LogP contribution in [0.1, 0.15) is 32.1 Å². The van der Waals surface area contributed by atoms with Gasteiger partial charge in [-0.3, -0.25) is 0 Å². The van der Waals surface area contributed by atoms with E-state index in [1.54, 1.807) is 7.11 Å². The van der Waals surface area contributed by atoms with Crippen LogP contribution in [0, 0.1) is 11.8 Å². The first-order chi connectivity index (χ1) is 7.79. The number of methoxy groups -OCH3 is 1. The Bertz CT molecular complexity index is 210. The quantitative estimate of drug-likeness (QED) is 0.772. The van der Waals surface area contributed by atoms with Gasteiger partial charge in [0.05, 0.1) is 12.7 Å². The average molecular weight is 227 g/mol. The van der Waals surface area contributed by atoms with E-state index in [1.807, 2.05) is 0 Å². The second-order valence-corrected chi connectivity index (χ2v) is 5.46. The fourth-order valence-electron chi connectivity index (χ4n) is 3.19. The Morgan fingerprint density at radius 2 is 2.19 bits per heavy atom. The molecule has 0 radical (unpaired) electrons. The summed E-state index contributed by atoms with van der Waals surface area (Å²) in [5.74, 6) is 1.31. The van der Waals surface area contributed by atoms with E-state index in [9.17, 15) is 5.11 Å². The lowest BCUT2D eigenvalue weighted by atomic mass is 10.0. The van der Waals surface area contributed by atoms with E-state index in [0.29, 0.717) is 5.92 Å². The van der Waals surface area contributed by atoms with Gasteiger partial charge in [0.2, 0.25) is 0 Å². The summed E-state index contributed by atoms with van der Waals surface area (Å²) >= 11 is 0. The minimum absolute atomic E-state index is 0.0163. The van der Waals surface area contributed by atoms with Crippen molar-refractivity contribution in [2.75, 3.05) is 33.4 Å². The monoisotopic (exact) mass is 227 g/mol. The number of hydrogen-bond acceptors (Lipinski definition) is 3. The predicted octanol–water partition coefficient (Wildman–Crippen LogP) is 1.51.